The Kier molecular flexibility index (Phi) is 8.36. The lowest BCUT2D eigenvalue weighted by atomic mass is 9.90. The van der Waals surface area contributed by atoms with Crippen molar-refractivity contribution >= 4 is 10.1 Å². The van der Waals surface area contributed by atoms with E-state index in [2.05, 4.69) is 4.57 Å². The highest BCUT2D eigenvalue weighted by Crippen LogP contribution is 2.48. The summed E-state index contributed by atoms with van der Waals surface area (Å²) >= 11 is 0. The molecule has 1 aromatic heterocycles. The number of fused-ring (bicyclic) bond motifs is 3. The van der Waals surface area contributed by atoms with Crippen LogP contribution in [0, 0.1) is 0 Å². The molecule has 0 unspecified atom stereocenters. The molecule has 3 aromatic carbocycles. The van der Waals surface area contributed by atoms with Crippen LogP contribution in [-0.2, 0) is 29.5 Å². The van der Waals surface area contributed by atoms with Gasteiger partial charge in [-0.25, -0.2) is 0 Å². The van der Waals surface area contributed by atoms with Crippen LogP contribution >= 0.6 is 0 Å². The van der Waals surface area contributed by atoms with E-state index in [4.69, 9.17) is 32.6 Å². The maximum atomic E-state index is 12.4. The predicted octanol–water partition coefficient (Wildman–Crippen LogP) is 5.36. The van der Waals surface area contributed by atoms with Crippen LogP contribution in [0.2, 0.25) is 0 Å². The predicted molar refractivity (Wildman–Crippen MR) is 163 cm³/mol. The molecule has 0 spiro atoms. The van der Waals surface area contributed by atoms with Gasteiger partial charge in [0.1, 0.15) is 0 Å². The van der Waals surface area contributed by atoms with Gasteiger partial charge in [-0.1, -0.05) is 6.07 Å². The summed E-state index contributed by atoms with van der Waals surface area (Å²) in [5.41, 5.74) is 6.33. The second-order valence-electron chi connectivity index (χ2n) is 10.0. The molecule has 0 N–H and O–H groups in total. The van der Waals surface area contributed by atoms with E-state index in [9.17, 15) is 8.42 Å². The zero-order chi connectivity index (χ0) is 30.9. The summed E-state index contributed by atoms with van der Waals surface area (Å²) in [6, 6.07) is 13.1. The van der Waals surface area contributed by atoms with Crippen LogP contribution < -0.4 is 32.6 Å². The van der Waals surface area contributed by atoms with Gasteiger partial charge in [0.05, 0.1) is 54.6 Å². The average molecular weight is 610 g/mol. The number of ether oxygens (including phenoxy) is 6. The largest absolute Gasteiger partial charge is 0.493 e. The van der Waals surface area contributed by atoms with Crippen molar-refractivity contribution in [2.24, 2.45) is 0 Å². The molecule has 5 rings (SSSR count). The number of aryl methyl sites for hydroxylation is 2. The average Bonchev–Trinajstić information content (AvgIpc) is 3.37. The normalized spacial score (nSPS) is 12.2. The number of nitrogens with zero attached hydrogens (tertiary/aromatic N) is 1. The van der Waals surface area contributed by atoms with Gasteiger partial charge in [-0.2, -0.15) is 8.42 Å². The molecule has 11 heteroatoms. The maximum Gasteiger partial charge on any atom is 0.306 e. The first-order chi connectivity index (χ1) is 20.6. The molecule has 0 radical (unpaired) electrons. The van der Waals surface area contributed by atoms with Crippen molar-refractivity contribution in [3.63, 3.8) is 0 Å². The summed E-state index contributed by atoms with van der Waals surface area (Å²) in [5, 5.41) is 0. The lowest BCUT2D eigenvalue weighted by molar-refractivity contribution is 0.353. The van der Waals surface area contributed by atoms with Crippen LogP contribution in [0.3, 0.4) is 0 Å². The van der Waals surface area contributed by atoms with Crippen LogP contribution in [0.1, 0.15) is 16.7 Å². The van der Waals surface area contributed by atoms with Crippen molar-refractivity contribution in [1.82, 2.24) is 4.57 Å². The Bertz CT molecular complexity index is 1780. The second-order valence-corrected chi connectivity index (χ2v) is 11.6. The number of rotatable bonds is 11. The Hall–Kier alpha value is -4.51. The van der Waals surface area contributed by atoms with Crippen molar-refractivity contribution in [3.8, 4) is 62.6 Å². The number of hydrogen-bond donors (Lipinski definition) is 0. The third kappa shape index (κ3) is 5.77. The zero-order valence-corrected chi connectivity index (χ0v) is 26.1. The van der Waals surface area contributed by atoms with E-state index in [1.807, 2.05) is 36.5 Å². The van der Waals surface area contributed by atoms with E-state index in [1.54, 1.807) is 34.5 Å². The summed E-state index contributed by atoms with van der Waals surface area (Å²) < 4.78 is 65.9. The van der Waals surface area contributed by atoms with Gasteiger partial charge in [-0.3, -0.25) is 0 Å². The van der Waals surface area contributed by atoms with Crippen molar-refractivity contribution in [3.05, 3.63) is 65.4 Å². The Balaban J connectivity index is 1.81. The van der Waals surface area contributed by atoms with Gasteiger partial charge in [-0.05, 0) is 53.4 Å². The minimum absolute atomic E-state index is 0.129. The molecule has 0 aliphatic carbocycles. The van der Waals surface area contributed by atoms with Crippen LogP contribution in [0.25, 0.3) is 22.4 Å². The van der Waals surface area contributed by atoms with Crippen LogP contribution in [0.4, 0.5) is 0 Å². The molecule has 1 aliphatic rings. The van der Waals surface area contributed by atoms with Gasteiger partial charge in [-0.15, -0.1) is 0 Å². The molecule has 0 amide bonds. The monoisotopic (exact) mass is 609 g/mol. The fourth-order valence-electron chi connectivity index (χ4n) is 5.59. The van der Waals surface area contributed by atoms with Crippen LogP contribution in [0.15, 0.2) is 48.7 Å². The first-order valence-electron chi connectivity index (χ1n) is 13.5. The van der Waals surface area contributed by atoms with E-state index in [-0.39, 0.29) is 5.75 Å². The van der Waals surface area contributed by atoms with E-state index >= 15 is 0 Å². The summed E-state index contributed by atoms with van der Waals surface area (Å²) in [4.78, 5) is 0. The highest BCUT2D eigenvalue weighted by atomic mass is 32.2. The summed E-state index contributed by atoms with van der Waals surface area (Å²) in [7, 11) is 5.57. The van der Waals surface area contributed by atoms with Gasteiger partial charge in [0.25, 0.3) is 0 Å². The lowest BCUT2D eigenvalue weighted by Gasteiger charge is -2.23. The third-order valence-corrected chi connectivity index (χ3v) is 8.00. The molecular formula is C32H35NO9S. The fraction of sp³-hybridized carbons (Fsp3) is 0.312. The van der Waals surface area contributed by atoms with E-state index in [0.717, 1.165) is 46.2 Å². The third-order valence-electron chi connectivity index (χ3n) is 7.52. The topological polar surface area (TPSA) is 104 Å². The fourth-order valence-corrected chi connectivity index (χ4v) is 6.05. The van der Waals surface area contributed by atoms with Crippen molar-refractivity contribution in [2.75, 3.05) is 48.9 Å². The minimum atomic E-state index is -3.87. The number of benzene rings is 3. The Morgan fingerprint density at radius 2 is 1.21 bits per heavy atom. The van der Waals surface area contributed by atoms with E-state index in [0.29, 0.717) is 53.0 Å². The number of hydrogen-bond acceptors (Lipinski definition) is 9. The lowest BCUT2D eigenvalue weighted by Crippen LogP contribution is -2.11. The van der Waals surface area contributed by atoms with Gasteiger partial charge >= 0.3 is 10.1 Å². The van der Waals surface area contributed by atoms with Crippen molar-refractivity contribution in [1.29, 1.82) is 0 Å². The molecule has 43 heavy (non-hydrogen) atoms. The van der Waals surface area contributed by atoms with Gasteiger partial charge < -0.3 is 37.2 Å². The molecule has 4 aromatic rings. The molecule has 0 saturated carbocycles. The zero-order valence-electron chi connectivity index (χ0n) is 25.3. The highest BCUT2D eigenvalue weighted by molar-refractivity contribution is 7.86. The molecular weight excluding hydrogens is 574 g/mol. The molecule has 10 nitrogen and oxygen atoms in total. The molecule has 2 heterocycles. The number of methoxy groups -OCH3 is 6. The maximum absolute atomic E-state index is 12.4. The van der Waals surface area contributed by atoms with E-state index < -0.39 is 10.1 Å². The Labute approximate surface area is 251 Å². The number of aromatic nitrogens is 1. The summed E-state index contributed by atoms with van der Waals surface area (Å²) in [6.45, 7) is 0.701. The van der Waals surface area contributed by atoms with Gasteiger partial charge in [0, 0.05) is 41.9 Å². The van der Waals surface area contributed by atoms with Gasteiger partial charge in [0.15, 0.2) is 40.2 Å². The second kappa shape index (κ2) is 12.0. The first kappa shape index (κ1) is 30.0. The van der Waals surface area contributed by atoms with E-state index in [1.165, 1.54) is 20.3 Å². The molecule has 0 saturated heterocycles. The minimum Gasteiger partial charge on any atom is -0.493 e. The molecule has 0 atom stereocenters. The van der Waals surface area contributed by atoms with Crippen LogP contribution in [-0.4, -0.2) is 61.9 Å². The molecule has 1 aliphatic heterocycles. The highest BCUT2D eigenvalue weighted by Gasteiger charge is 2.29. The molecule has 0 fully saturated rings. The Morgan fingerprint density at radius 3 is 1.81 bits per heavy atom. The van der Waals surface area contributed by atoms with Crippen LogP contribution in [0.5, 0.6) is 40.2 Å². The quantitative estimate of drug-likeness (QED) is 0.208. The SMILES string of the molecule is COc1ccc(Cc2c(-c3cc(OC)c(OC)cc3OS(C)(=O)=O)cn3c2-c2cc(OC)c(OC)cc2CC3)cc1OC. The first-order valence-corrected chi connectivity index (χ1v) is 15.3. The summed E-state index contributed by atoms with van der Waals surface area (Å²) in [6.07, 6.45) is 4.30. The van der Waals surface area contributed by atoms with Crippen molar-refractivity contribution in [2.45, 2.75) is 19.4 Å². The standard InChI is InChI=1S/C32H35NO9S/c1-36-25-9-8-19(13-27(25)37-2)12-23-24(22-16-30(40-5)31(41-6)17-26(22)42-43(7,34)35)18-33-11-10-20-14-28(38-3)29(39-4)15-21(20)32(23)33/h8-9,13-18H,10-12H2,1-7H3. The molecule has 228 valence electrons. The smallest absolute Gasteiger partial charge is 0.306 e. The van der Waals surface area contributed by atoms with Gasteiger partial charge in [0.2, 0.25) is 0 Å². The Morgan fingerprint density at radius 1 is 0.651 bits per heavy atom. The molecule has 0 bridgehead atoms. The summed E-state index contributed by atoms with van der Waals surface area (Å²) in [5.74, 6) is 3.41. The van der Waals surface area contributed by atoms with Crippen molar-refractivity contribution < 1.29 is 41.0 Å².